The summed E-state index contributed by atoms with van der Waals surface area (Å²) in [5.41, 5.74) is 0. The number of nitrogens with one attached hydrogen (secondary N) is 1. The zero-order valence-corrected chi connectivity index (χ0v) is 11.8. The summed E-state index contributed by atoms with van der Waals surface area (Å²) in [4.78, 5) is 35.0. The van der Waals surface area contributed by atoms with Crippen molar-refractivity contribution in [1.29, 1.82) is 0 Å². The number of amides is 2. The van der Waals surface area contributed by atoms with E-state index in [4.69, 9.17) is 10.2 Å². The molecule has 1 fully saturated rings. The normalized spacial score (nSPS) is 17.1. The molecule has 1 unspecified atom stereocenters. The van der Waals surface area contributed by atoms with Crippen molar-refractivity contribution in [3.8, 4) is 0 Å². The van der Waals surface area contributed by atoms with Gasteiger partial charge in [-0.3, -0.25) is 4.79 Å². The van der Waals surface area contributed by atoms with Gasteiger partial charge < -0.3 is 20.4 Å². The molecule has 3 N–H and O–H groups in total. The summed E-state index contributed by atoms with van der Waals surface area (Å²) in [6.07, 6.45) is 2.42. The van der Waals surface area contributed by atoms with Crippen molar-refractivity contribution in [2.75, 3.05) is 7.05 Å². The van der Waals surface area contributed by atoms with Gasteiger partial charge in [-0.2, -0.15) is 0 Å². The summed E-state index contributed by atoms with van der Waals surface area (Å²) in [6, 6.07) is -1.38. The van der Waals surface area contributed by atoms with E-state index >= 15 is 0 Å². The van der Waals surface area contributed by atoms with E-state index in [9.17, 15) is 14.4 Å². The zero-order chi connectivity index (χ0) is 15.3. The van der Waals surface area contributed by atoms with Gasteiger partial charge in [-0.1, -0.05) is 0 Å². The number of carbonyl (C=O) groups is 3. The molecular weight excluding hydrogens is 264 g/mol. The fourth-order valence-electron chi connectivity index (χ4n) is 2.05. The summed E-state index contributed by atoms with van der Waals surface area (Å²) in [5, 5.41) is 20.0. The van der Waals surface area contributed by atoms with Gasteiger partial charge in [0.15, 0.2) is 0 Å². The molecule has 0 aromatic carbocycles. The lowest BCUT2D eigenvalue weighted by Crippen LogP contribution is -2.49. The number of hydrogen-bond acceptors (Lipinski definition) is 3. The molecule has 0 heterocycles. The van der Waals surface area contributed by atoms with E-state index in [-0.39, 0.29) is 25.3 Å². The lowest BCUT2D eigenvalue weighted by atomic mass is 10.1. The number of nitrogens with zero attached hydrogens (tertiary/aromatic N) is 1. The van der Waals surface area contributed by atoms with Crippen LogP contribution in [-0.2, 0) is 9.59 Å². The number of hydrogen-bond donors (Lipinski definition) is 3. The predicted molar refractivity (Wildman–Crippen MR) is 71.4 cm³/mol. The minimum atomic E-state index is -1.14. The van der Waals surface area contributed by atoms with Crippen LogP contribution >= 0.6 is 0 Å². The molecule has 20 heavy (non-hydrogen) atoms. The number of urea groups is 1. The SMILES string of the molecule is CC(C1CC1)N(C)C(=O)N[C@H](CCCC(=O)O)C(=O)O. The molecule has 1 aliphatic carbocycles. The maximum absolute atomic E-state index is 12.0. The van der Waals surface area contributed by atoms with Crippen LogP contribution in [0, 0.1) is 5.92 Å². The van der Waals surface area contributed by atoms with Gasteiger partial charge in [0.25, 0.3) is 0 Å². The number of aliphatic carboxylic acids is 2. The van der Waals surface area contributed by atoms with E-state index in [1.54, 1.807) is 7.05 Å². The maximum atomic E-state index is 12.0. The Kier molecular flexibility index (Phi) is 5.79. The van der Waals surface area contributed by atoms with Gasteiger partial charge in [-0.25, -0.2) is 9.59 Å². The van der Waals surface area contributed by atoms with Gasteiger partial charge >= 0.3 is 18.0 Å². The Labute approximate surface area is 117 Å². The quantitative estimate of drug-likeness (QED) is 0.620. The van der Waals surface area contributed by atoms with Gasteiger partial charge in [0.1, 0.15) is 6.04 Å². The molecule has 0 saturated heterocycles. The van der Waals surface area contributed by atoms with Gasteiger partial charge in [0.05, 0.1) is 0 Å². The van der Waals surface area contributed by atoms with Gasteiger partial charge in [-0.05, 0) is 38.5 Å². The lowest BCUT2D eigenvalue weighted by molar-refractivity contribution is -0.140. The molecule has 0 bridgehead atoms. The van der Waals surface area contributed by atoms with E-state index in [0.717, 1.165) is 12.8 Å². The molecule has 0 aromatic heterocycles. The summed E-state index contributed by atoms with van der Waals surface area (Å²) in [7, 11) is 1.65. The zero-order valence-electron chi connectivity index (χ0n) is 11.8. The summed E-state index contributed by atoms with van der Waals surface area (Å²) in [5.74, 6) is -1.61. The molecule has 7 nitrogen and oxygen atoms in total. The number of rotatable bonds is 8. The Morgan fingerprint density at radius 3 is 2.35 bits per heavy atom. The van der Waals surface area contributed by atoms with Crippen LogP contribution in [-0.4, -0.2) is 52.2 Å². The van der Waals surface area contributed by atoms with Crippen LogP contribution in [0.25, 0.3) is 0 Å². The highest BCUT2D eigenvalue weighted by atomic mass is 16.4. The summed E-state index contributed by atoms with van der Waals surface area (Å²) in [6.45, 7) is 1.94. The van der Waals surface area contributed by atoms with E-state index in [1.165, 1.54) is 4.90 Å². The van der Waals surface area contributed by atoms with E-state index in [2.05, 4.69) is 5.32 Å². The van der Waals surface area contributed by atoms with E-state index < -0.39 is 24.0 Å². The first kappa shape index (κ1) is 16.3. The summed E-state index contributed by atoms with van der Waals surface area (Å²) < 4.78 is 0. The lowest BCUT2D eigenvalue weighted by Gasteiger charge is -2.26. The van der Waals surface area contributed by atoms with Crippen molar-refractivity contribution in [3.63, 3.8) is 0 Å². The molecule has 1 saturated carbocycles. The Morgan fingerprint density at radius 1 is 1.30 bits per heavy atom. The number of carboxylic acids is 2. The second kappa shape index (κ2) is 7.12. The van der Waals surface area contributed by atoms with Crippen molar-refractivity contribution in [2.45, 2.75) is 51.1 Å². The van der Waals surface area contributed by atoms with E-state index in [0.29, 0.717) is 5.92 Å². The second-order valence-corrected chi connectivity index (χ2v) is 5.32. The minimum absolute atomic E-state index is 0.0865. The first-order valence-electron chi connectivity index (χ1n) is 6.80. The van der Waals surface area contributed by atoms with Crippen LogP contribution < -0.4 is 5.32 Å². The van der Waals surface area contributed by atoms with Gasteiger partial charge in [0.2, 0.25) is 0 Å². The number of carboxylic acid groups (broad SMARTS) is 2. The molecule has 1 aliphatic rings. The van der Waals surface area contributed by atoms with Crippen LogP contribution in [0.3, 0.4) is 0 Å². The van der Waals surface area contributed by atoms with E-state index in [1.807, 2.05) is 6.92 Å². The van der Waals surface area contributed by atoms with Crippen LogP contribution in [0.2, 0.25) is 0 Å². The Balaban J connectivity index is 2.44. The second-order valence-electron chi connectivity index (χ2n) is 5.32. The monoisotopic (exact) mass is 286 g/mol. The molecule has 0 spiro atoms. The third kappa shape index (κ3) is 5.07. The highest BCUT2D eigenvalue weighted by Gasteiger charge is 2.33. The van der Waals surface area contributed by atoms with Crippen LogP contribution in [0.1, 0.15) is 39.0 Å². The average Bonchev–Trinajstić information content (AvgIpc) is 3.19. The molecule has 0 aromatic rings. The van der Waals surface area contributed by atoms with Crippen LogP contribution in [0.4, 0.5) is 4.79 Å². The molecule has 114 valence electrons. The Bertz CT molecular complexity index is 381. The highest BCUT2D eigenvalue weighted by Crippen LogP contribution is 2.34. The van der Waals surface area contributed by atoms with Crippen LogP contribution in [0.5, 0.6) is 0 Å². The van der Waals surface area contributed by atoms with Crippen molar-refractivity contribution in [3.05, 3.63) is 0 Å². The summed E-state index contributed by atoms with van der Waals surface area (Å²) >= 11 is 0. The first-order chi connectivity index (χ1) is 9.32. The van der Waals surface area contributed by atoms with Crippen molar-refractivity contribution < 1.29 is 24.6 Å². The van der Waals surface area contributed by atoms with Crippen LogP contribution in [0.15, 0.2) is 0 Å². The maximum Gasteiger partial charge on any atom is 0.326 e. The van der Waals surface area contributed by atoms with Crippen molar-refractivity contribution in [1.82, 2.24) is 10.2 Å². The minimum Gasteiger partial charge on any atom is -0.481 e. The smallest absolute Gasteiger partial charge is 0.326 e. The third-order valence-electron chi connectivity index (χ3n) is 3.71. The molecule has 2 atom stereocenters. The fourth-order valence-corrected chi connectivity index (χ4v) is 2.05. The first-order valence-corrected chi connectivity index (χ1v) is 6.80. The Hall–Kier alpha value is -1.79. The third-order valence-corrected chi connectivity index (χ3v) is 3.71. The van der Waals surface area contributed by atoms with Gasteiger partial charge in [0, 0.05) is 19.5 Å². The molecule has 7 heteroatoms. The number of carbonyl (C=O) groups excluding carboxylic acids is 1. The van der Waals surface area contributed by atoms with Gasteiger partial charge in [-0.15, -0.1) is 0 Å². The molecule has 1 rings (SSSR count). The Morgan fingerprint density at radius 2 is 1.90 bits per heavy atom. The highest BCUT2D eigenvalue weighted by molar-refractivity contribution is 5.82. The van der Waals surface area contributed by atoms with Crippen molar-refractivity contribution >= 4 is 18.0 Å². The molecule has 2 amide bonds. The van der Waals surface area contributed by atoms with Crippen molar-refractivity contribution in [2.24, 2.45) is 5.92 Å². The predicted octanol–water partition coefficient (Wildman–Crippen LogP) is 1.13. The standard InChI is InChI=1S/C13H22N2O5/c1-8(9-6-7-9)15(2)13(20)14-10(12(18)19)4-3-5-11(16)17/h8-10H,3-7H2,1-2H3,(H,14,20)(H,16,17)(H,18,19)/t8?,10-/m1/s1. The molecule has 0 radical (unpaired) electrons. The fraction of sp³-hybridized carbons (Fsp3) is 0.769. The molecular formula is C13H22N2O5. The molecule has 0 aliphatic heterocycles. The topological polar surface area (TPSA) is 107 Å². The average molecular weight is 286 g/mol. The largest absolute Gasteiger partial charge is 0.481 e.